The number of likely N-dealkylation sites (tertiary alicyclic amines) is 1. The summed E-state index contributed by atoms with van der Waals surface area (Å²) in [5, 5.41) is 7.52. The van der Waals surface area contributed by atoms with Crippen molar-refractivity contribution in [3.63, 3.8) is 0 Å². The van der Waals surface area contributed by atoms with Crippen LogP contribution in [0.2, 0.25) is 0 Å². The van der Waals surface area contributed by atoms with Gasteiger partial charge in [-0.3, -0.25) is 5.10 Å². The molecule has 0 radical (unpaired) electrons. The van der Waals surface area contributed by atoms with Crippen LogP contribution in [-0.4, -0.2) is 34.7 Å². The van der Waals surface area contributed by atoms with Crippen LogP contribution < -0.4 is 0 Å². The van der Waals surface area contributed by atoms with Crippen LogP contribution in [0.5, 0.6) is 0 Å². The maximum atomic E-state index is 4.26. The molecule has 110 valence electrons. The largest absolute Gasteiger partial charge is 0.302 e. The molecule has 0 aromatic carbocycles. The van der Waals surface area contributed by atoms with Gasteiger partial charge >= 0.3 is 0 Å². The average molecular weight is 273 g/mol. The van der Waals surface area contributed by atoms with Crippen LogP contribution in [0.4, 0.5) is 0 Å². The lowest BCUT2D eigenvalue weighted by molar-refractivity contribution is 0.172. The molecule has 0 spiro atoms. The topological polar surface area (TPSA) is 31.9 Å². The van der Waals surface area contributed by atoms with E-state index in [1.165, 1.54) is 63.0 Å². The Labute approximate surface area is 122 Å². The monoisotopic (exact) mass is 273 g/mol. The molecule has 3 rings (SSSR count). The van der Waals surface area contributed by atoms with Gasteiger partial charge in [0.15, 0.2) is 0 Å². The van der Waals surface area contributed by atoms with Crippen molar-refractivity contribution in [1.82, 2.24) is 15.1 Å². The van der Waals surface area contributed by atoms with Gasteiger partial charge in [0.05, 0.1) is 6.20 Å². The van der Waals surface area contributed by atoms with E-state index >= 15 is 0 Å². The second-order valence-corrected chi connectivity index (χ2v) is 6.41. The second kappa shape index (κ2) is 6.57. The lowest BCUT2D eigenvalue weighted by Crippen LogP contribution is -2.38. The van der Waals surface area contributed by atoms with E-state index < -0.39 is 0 Å². The number of piperidine rings is 1. The highest BCUT2D eigenvalue weighted by atomic mass is 15.2. The molecule has 1 aromatic heterocycles. The van der Waals surface area contributed by atoms with Crippen LogP contribution in [0.15, 0.2) is 18.3 Å². The van der Waals surface area contributed by atoms with Gasteiger partial charge in [-0.05, 0) is 56.6 Å². The smallest absolute Gasteiger partial charge is 0.0522 e. The van der Waals surface area contributed by atoms with Gasteiger partial charge in [0.1, 0.15) is 0 Å². The third kappa shape index (κ3) is 3.14. The maximum Gasteiger partial charge on any atom is 0.0522 e. The van der Waals surface area contributed by atoms with Crippen LogP contribution in [0.25, 0.3) is 0 Å². The molecule has 2 heterocycles. The molecule has 3 nitrogen and oxygen atoms in total. The van der Waals surface area contributed by atoms with Crippen LogP contribution in [0.3, 0.4) is 0 Å². The van der Waals surface area contributed by atoms with E-state index in [2.05, 4.69) is 34.2 Å². The summed E-state index contributed by atoms with van der Waals surface area (Å²) in [6, 6.07) is 0. The predicted molar refractivity (Wildman–Crippen MR) is 82.9 cm³/mol. The molecule has 0 bridgehead atoms. The summed E-state index contributed by atoms with van der Waals surface area (Å²) in [5.74, 6) is 1.55. The first kappa shape index (κ1) is 13.9. The van der Waals surface area contributed by atoms with Gasteiger partial charge in [-0.2, -0.15) is 5.10 Å². The van der Waals surface area contributed by atoms with Crippen molar-refractivity contribution in [2.24, 2.45) is 5.92 Å². The summed E-state index contributed by atoms with van der Waals surface area (Å²) in [5.41, 5.74) is 2.82. The molecule has 1 aliphatic heterocycles. The molecular formula is C17H27N3. The van der Waals surface area contributed by atoms with Gasteiger partial charge < -0.3 is 4.90 Å². The predicted octanol–water partition coefficient (Wildman–Crippen LogP) is 3.51. The van der Waals surface area contributed by atoms with Gasteiger partial charge in [0.2, 0.25) is 0 Å². The van der Waals surface area contributed by atoms with Crippen molar-refractivity contribution >= 4 is 0 Å². The van der Waals surface area contributed by atoms with E-state index in [0.29, 0.717) is 5.92 Å². The lowest BCUT2D eigenvalue weighted by atomic mass is 9.89. The second-order valence-electron chi connectivity index (χ2n) is 6.41. The molecule has 2 aliphatic rings. The fraction of sp³-hybridized carbons (Fsp3) is 0.706. The molecule has 0 saturated carbocycles. The first-order chi connectivity index (χ1) is 9.86. The number of rotatable bonds is 4. The van der Waals surface area contributed by atoms with Crippen molar-refractivity contribution in [2.75, 3.05) is 19.6 Å². The van der Waals surface area contributed by atoms with Gasteiger partial charge in [0, 0.05) is 24.7 Å². The first-order valence-electron chi connectivity index (χ1n) is 8.26. The molecule has 0 unspecified atom stereocenters. The molecule has 1 aliphatic carbocycles. The number of nitrogens with zero attached hydrogens (tertiary/aromatic N) is 2. The Morgan fingerprint density at radius 2 is 2.30 bits per heavy atom. The SMILES string of the molecule is CCc1cn[nH]c1[C@H]1CCCN(C[C@@H]2CC=CCC2)C1. The lowest BCUT2D eigenvalue weighted by Gasteiger charge is -2.35. The van der Waals surface area contributed by atoms with Gasteiger partial charge in [-0.25, -0.2) is 0 Å². The van der Waals surface area contributed by atoms with Gasteiger partial charge in [-0.1, -0.05) is 19.1 Å². The molecule has 20 heavy (non-hydrogen) atoms. The highest BCUT2D eigenvalue weighted by Gasteiger charge is 2.25. The van der Waals surface area contributed by atoms with E-state index in [0.717, 1.165) is 12.3 Å². The fourth-order valence-electron chi connectivity index (χ4n) is 3.80. The molecule has 1 N–H and O–H groups in total. The summed E-state index contributed by atoms with van der Waals surface area (Å²) >= 11 is 0. The van der Waals surface area contributed by atoms with E-state index in [1.54, 1.807) is 0 Å². The first-order valence-corrected chi connectivity index (χ1v) is 8.26. The number of hydrogen-bond acceptors (Lipinski definition) is 2. The normalized spacial score (nSPS) is 27.9. The summed E-state index contributed by atoms with van der Waals surface area (Å²) in [4.78, 5) is 2.69. The van der Waals surface area contributed by atoms with E-state index in [1.807, 2.05) is 6.20 Å². The Morgan fingerprint density at radius 1 is 1.35 bits per heavy atom. The number of allylic oxidation sites excluding steroid dienone is 2. The molecule has 1 aromatic rings. The third-order valence-electron chi connectivity index (χ3n) is 4.94. The van der Waals surface area contributed by atoms with Crippen molar-refractivity contribution in [1.29, 1.82) is 0 Å². The van der Waals surface area contributed by atoms with Crippen molar-refractivity contribution in [3.8, 4) is 0 Å². The quantitative estimate of drug-likeness (QED) is 0.851. The van der Waals surface area contributed by atoms with Gasteiger partial charge in [0.25, 0.3) is 0 Å². The van der Waals surface area contributed by atoms with Crippen LogP contribution in [0.1, 0.15) is 56.2 Å². The Hall–Kier alpha value is -1.09. The third-order valence-corrected chi connectivity index (χ3v) is 4.94. The van der Waals surface area contributed by atoms with E-state index in [9.17, 15) is 0 Å². The van der Waals surface area contributed by atoms with Crippen LogP contribution in [-0.2, 0) is 6.42 Å². The minimum absolute atomic E-state index is 0.667. The van der Waals surface area contributed by atoms with Crippen molar-refractivity contribution in [2.45, 2.75) is 51.4 Å². The Morgan fingerprint density at radius 3 is 3.10 bits per heavy atom. The standard InChI is InChI=1S/C17H27N3/c1-2-15-11-18-19-17(15)16-9-6-10-20(13-16)12-14-7-4-3-5-8-14/h3-4,11,14,16H,2,5-10,12-13H2,1H3,(H,18,19)/t14-,16+/m1/s1. The summed E-state index contributed by atoms with van der Waals surface area (Å²) in [7, 11) is 0. The van der Waals surface area contributed by atoms with Crippen molar-refractivity contribution < 1.29 is 0 Å². The van der Waals surface area contributed by atoms with E-state index in [-0.39, 0.29) is 0 Å². The summed E-state index contributed by atoms with van der Waals surface area (Å²) in [6.45, 7) is 6.02. The average Bonchev–Trinajstić information content (AvgIpc) is 2.97. The van der Waals surface area contributed by atoms with Gasteiger partial charge in [-0.15, -0.1) is 0 Å². The number of nitrogens with one attached hydrogen (secondary N) is 1. The molecule has 1 fully saturated rings. The van der Waals surface area contributed by atoms with Crippen molar-refractivity contribution in [3.05, 3.63) is 29.6 Å². The molecule has 2 atom stereocenters. The van der Waals surface area contributed by atoms with E-state index in [4.69, 9.17) is 0 Å². The zero-order chi connectivity index (χ0) is 13.8. The Balaban J connectivity index is 1.60. The van der Waals surface area contributed by atoms with Crippen LogP contribution in [0, 0.1) is 5.92 Å². The maximum absolute atomic E-state index is 4.26. The highest BCUT2D eigenvalue weighted by molar-refractivity contribution is 5.21. The molecular weight excluding hydrogens is 246 g/mol. The molecule has 1 saturated heterocycles. The summed E-state index contributed by atoms with van der Waals surface area (Å²) < 4.78 is 0. The molecule has 3 heteroatoms. The fourth-order valence-corrected chi connectivity index (χ4v) is 3.80. The number of aromatic amines is 1. The van der Waals surface area contributed by atoms with Crippen LogP contribution >= 0.6 is 0 Å². The Bertz CT molecular complexity index is 449. The number of aromatic nitrogens is 2. The zero-order valence-electron chi connectivity index (χ0n) is 12.6. The summed E-state index contributed by atoms with van der Waals surface area (Å²) in [6.07, 6.45) is 14.4. The molecule has 0 amide bonds. The number of aryl methyl sites for hydroxylation is 1. The Kier molecular flexibility index (Phi) is 4.56. The number of hydrogen-bond donors (Lipinski definition) is 1. The minimum Gasteiger partial charge on any atom is -0.302 e. The number of H-pyrrole nitrogens is 1. The zero-order valence-corrected chi connectivity index (χ0v) is 12.6. The highest BCUT2D eigenvalue weighted by Crippen LogP contribution is 2.29. The minimum atomic E-state index is 0.667.